The standard InChI is InChI=1S/C34H31N5O3/c1-3-4-21-42-28-15-11-25(12-16-28)32-22-30(29-7-5-6-8-31(29)37-32)34(41)39-38-23(2)24-9-13-27(14-10-24)36-33(40)26-17-19-35-20-18-26/h5-20,22H,3-4,21H2,1-2H3,(H,36,40)(H,39,41). The summed E-state index contributed by atoms with van der Waals surface area (Å²) in [6, 6.07) is 27.6. The van der Waals surface area contributed by atoms with E-state index in [4.69, 9.17) is 9.72 Å². The molecule has 0 aliphatic heterocycles. The Kier molecular flexibility index (Phi) is 8.94. The summed E-state index contributed by atoms with van der Waals surface area (Å²) in [7, 11) is 0. The van der Waals surface area contributed by atoms with Gasteiger partial charge in [0.25, 0.3) is 11.8 Å². The molecule has 0 spiro atoms. The highest BCUT2D eigenvalue weighted by Gasteiger charge is 2.14. The minimum atomic E-state index is -0.338. The Morgan fingerprint density at radius 2 is 1.60 bits per heavy atom. The van der Waals surface area contributed by atoms with E-state index in [9.17, 15) is 9.59 Å². The first-order valence-electron chi connectivity index (χ1n) is 13.8. The molecule has 2 aromatic heterocycles. The van der Waals surface area contributed by atoms with Gasteiger partial charge in [-0.2, -0.15) is 5.10 Å². The van der Waals surface area contributed by atoms with Gasteiger partial charge in [0, 0.05) is 34.6 Å². The summed E-state index contributed by atoms with van der Waals surface area (Å²) in [5, 5.41) is 7.94. The molecule has 0 aliphatic rings. The summed E-state index contributed by atoms with van der Waals surface area (Å²) in [4.78, 5) is 34.5. The molecule has 2 N–H and O–H groups in total. The Labute approximate surface area is 244 Å². The fourth-order valence-electron chi connectivity index (χ4n) is 4.33. The molecule has 0 bridgehead atoms. The lowest BCUT2D eigenvalue weighted by molar-refractivity contribution is 0.0955. The lowest BCUT2D eigenvalue weighted by Crippen LogP contribution is -2.20. The summed E-state index contributed by atoms with van der Waals surface area (Å²) in [5.74, 6) is 0.248. The first-order chi connectivity index (χ1) is 20.5. The average molecular weight is 558 g/mol. The van der Waals surface area contributed by atoms with E-state index in [2.05, 4.69) is 27.8 Å². The number of para-hydroxylation sites is 1. The fourth-order valence-corrected chi connectivity index (χ4v) is 4.33. The largest absolute Gasteiger partial charge is 0.494 e. The van der Waals surface area contributed by atoms with E-state index in [-0.39, 0.29) is 11.8 Å². The smallest absolute Gasteiger partial charge is 0.272 e. The Morgan fingerprint density at radius 1 is 0.857 bits per heavy atom. The highest BCUT2D eigenvalue weighted by Crippen LogP contribution is 2.26. The predicted octanol–water partition coefficient (Wildman–Crippen LogP) is 6.88. The second kappa shape index (κ2) is 13.3. The molecule has 8 nitrogen and oxygen atoms in total. The molecule has 8 heteroatoms. The van der Waals surface area contributed by atoms with Crippen LogP contribution in [-0.4, -0.2) is 34.1 Å². The maximum atomic E-state index is 13.4. The third-order valence-corrected chi connectivity index (χ3v) is 6.71. The van der Waals surface area contributed by atoms with Gasteiger partial charge in [0.1, 0.15) is 5.75 Å². The summed E-state index contributed by atoms with van der Waals surface area (Å²) in [6.07, 6.45) is 5.23. The Morgan fingerprint density at radius 3 is 2.33 bits per heavy atom. The molecule has 5 aromatic rings. The van der Waals surface area contributed by atoms with Gasteiger partial charge in [-0.3, -0.25) is 14.6 Å². The van der Waals surface area contributed by atoms with Crippen LogP contribution in [-0.2, 0) is 0 Å². The average Bonchev–Trinajstić information content (AvgIpc) is 3.04. The number of benzene rings is 3. The quantitative estimate of drug-likeness (QED) is 0.111. The lowest BCUT2D eigenvalue weighted by Gasteiger charge is -2.11. The zero-order chi connectivity index (χ0) is 29.3. The molecule has 5 rings (SSSR count). The number of hydrogen-bond donors (Lipinski definition) is 2. The zero-order valence-electron chi connectivity index (χ0n) is 23.5. The SMILES string of the molecule is CCCCOc1ccc(-c2cc(C(=O)NN=C(C)c3ccc(NC(=O)c4ccncc4)cc3)c3ccccc3n2)cc1. The molecule has 0 saturated heterocycles. The number of aromatic nitrogens is 2. The molecule has 0 fully saturated rings. The number of nitrogens with one attached hydrogen (secondary N) is 2. The molecule has 3 aromatic carbocycles. The number of carbonyl (C=O) groups is 2. The molecule has 0 aliphatic carbocycles. The van der Waals surface area contributed by atoms with Gasteiger partial charge in [-0.05, 0) is 79.6 Å². The predicted molar refractivity (Wildman–Crippen MR) is 166 cm³/mol. The van der Waals surface area contributed by atoms with Gasteiger partial charge >= 0.3 is 0 Å². The van der Waals surface area contributed by atoms with E-state index in [1.165, 1.54) is 0 Å². The molecular formula is C34H31N5O3. The van der Waals surface area contributed by atoms with Gasteiger partial charge in [0.15, 0.2) is 0 Å². The highest BCUT2D eigenvalue weighted by atomic mass is 16.5. The first-order valence-corrected chi connectivity index (χ1v) is 13.8. The normalized spacial score (nSPS) is 11.2. The van der Waals surface area contributed by atoms with Crippen LogP contribution in [0, 0.1) is 0 Å². The number of hydrazone groups is 1. The number of anilines is 1. The summed E-state index contributed by atoms with van der Waals surface area (Å²) >= 11 is 0. The second-order valence-electron chi connectivity index (χ2n) is 9.70. The third kappa shape index (κ3) is 6.85. The molecule has 210 valence electrons. The number of pyridine rings is 2. The van der Waals surface area contributed by atoms with Crippen molar-refractivity contribution in [3.63, 3.8) is 0 Å². The number of fused-ring (bicyclic) bond motifs is 1. The van der Waals surface area contributed by atoms with E-state index >= 15 is 0 Å². The van der Waals surface area contributed by atoms with E-state index in [0.717, 1.165) is 35.1 Å². The number of nitrogens with zero attached hydrogens (tertiary/aromatic N) is 3. The Balaban J connectivity index is 1.31. The topological polar surface area (TPSA) is 106 Å². The number of hydrogen-bond acceptors (Lipinski definition) is 6. The summed E-state index contributed by atoms with van der Waals surface area (Å²) < 4.78 is 5.78. The van der Waals surface area contributed by atoms with Crippen molar-refractivity contribution in [1.29, 1.82) is 0 Å². The van der Waals surface area contributed by atoms with Gasteiger partial charge in [0.05, 0.1) is 29.1 Å². The van der Waals surface area contributed by atoms with E-state index in [1.54, 1.807) is 42.7 Å². The molecule has 0 saturated carbocycles. The van der Waals surface area contributed by atoms with Crippen LogP contribution < -0.4 is 15.5 Å². The van der Waals surface area contributed by atoms with Crippen LogP contribution in [0.3, 0.4) is 0 Å². The van der Waals surface area contributed by atoms with Crippen LogP contribution in [0.4, 0.5) is 5.69 Å². The van der Waals surface area contributed by atoms with Crippen LogP contribution in [0.2, 0.25) is 0 Å². The third-order valence-electron chi connectivity index (χ3n) is 6.71. The number of ether oxygens (including phenoxy) is 1. The van der Waals surface area contributed by atoms with E-state index in [0.29, 0.717) is 40.3 Å². The van der Waals surface area contributed by atoms with E-state index < -0.39 is 0 Å². The molecule has 0 atom stereocenters. The van der Waals surface area contributed by atoms with Crippen molar-refractivity contribution in [3.8, 4) is 17.0 Å². The number of carbonyl (C=O) groups excluding carboxylic acids is 2. The number of unbranched alkanes of at least 4 members (excludes halogenated alkanes) is 1. The van der Waals surface area contributed by atoms with Crippen LogP contribution >= 0.6 is 0 Å². The lowest BCUT2D eigenvalue weighted by atomic mass is 10.0. The van der Waals surface area contributed by atoms with Crippen molar-refractivity contribution in [2.45, 2.75) is 26.7 Å². The molecule has 0 radical (unpaired) electrons. The summed E-state index contributed by atoms with van der Waals surface area (Å²) in [6.45, 7) is 4.62. The highest BCUT2D eigenvalue weighted by molar-refractivity contribution is 6.08. The minimum absolute atomic E-state index is 0.219. The van der Waals surface area contributed by atoms with Gasteiger partial charge in [-0.1, -0.05) is 43.7 Å². The molecule has 2 amide bonds. The molecular weight excluding hydrogens is 526 g/mol. The minimum Gasteiger partial charge on any atom is -0.494 e. The first kappa shape index (κ1) is 28.2. The van der Waals surface area contributed by atoms with Crippen molar-refractivity contribution >= 4 is 34.1 Å². The number of rotatable bonds is 10. The van der Waals surface area contributed by atoms with Crippen molar-refractivity contribution in [3.05, 3.63) is 120 Å². The van der Waals surface area contributed by atoms with Crippen LogP contribution in [0.5, 0.6) is 5.75 Å². The second-order valence-corrected chi connectivity index (χ2v) is 9.70. The molecule has 42 heavy (non-hydrogen) atoms. The van der Waals surface area contributed by atoms with Crippen LogP contribution in [0.25, 0.3) is 22.2 Å². The van der Waals surface area contributed by atoms with Crippen LogP contribution in [0.15, 0.2) is 108 Å². The van der Waals surface area contributed by atoms with Gasteiger partial charge in [0.2, 0.25) is 0 Å². The monoisotopic (exact) mass is 557 g/mol. The van der Waals surface area contributed by atoms with Gasteiger partial charge in [-0.15, -0.1) is 0 Å². The maximum absolute atomic E-state index is 13.4. The molecule has 2 heterocycles. The van der Waals surface area contributed by atoms with Crippen molar-refractivity contribution in [2.24, 2.45) is 5.10 Å². The van der Waals surface area contributed by atoms with Crippen molar-refractivity contribution in [2.75, 3.05) is 11.9 Å². The zero-order valence-corrected chi connectivity index (χ0v) is 23.5. The number of amides is 2. The Hall–Kier alpha value is -5.37. The summed E-state index contributed by atoms with van der Waals surface area (Å²) in [5.41, 5.74) is 8.05. The fraction of sp³-hybridized carbons (Fsp3) is 0.147. The molecule has 0 unspecified atom stereocenters. The van der Waals surface area contributed by atoms with Gasteiger partial charge in [-0.25, -0.2) is 10.4 Å². The maximum Gasteiger partial charge on any atom is 0.272 e. The Bertz CT molecular complexity index is 1720. The van der Waals surface area contributed by atoms with E-state index in [1.807, 2.05) is 67.6 Å². The van der Waals surface area contributed by atoms with Crippen molar-refractivity contribution in [1.82, 2.24) is 15.4 Å². The van der Waals surface area contributed by atoms with Crippen LogP contribution in [0.1, 0.15) is 53.0 Å². The van der Waals surface area contributed by atoms with Crippen molar-refractivity contribution < 1.29 is 14.3 Å². The van der Waals surface area contributed by atoms with Gasteiger partial charge < -0.3 is 10.1 Å².